The first-order chi connectivity index (χ1) is 13.9. The number of rotatable bonds is 2. The quantitative estimate of drug-likeness (QED) is 0.415. The minimum atomic E-state index is 0.827. The van der Waals surface area contributed by atoms with Gasteiger partial charge >= 0.3 is 0 Å². The van der Waals surface area contributed by atoms with E-state index in [1.54, 1.807) is 12.4 Å². The van der Waals surface area contributed by atoms with Gasteiger partial charge in [0, 0.05) is 35.1 Å². The van der Waals surface area contributed by atoms with Crippen molar-refractivity contribution in [2.24, 2.45) is 0 Å². The third-order valence-corrected chi connectivity index (χ3v) is 5.41. The van der Waals surface area contributed by atoms with Crippen molar-refractivity contribution >= 4 is 33.3 Å². The van der Waals surface area contributed by atoms with Gasteiger partial charge in [-0.25, -0.2) is 4.98 Å². The molecule has 0 amide bonds. The molecule has 2 aromatic carbocycles. The fraction of sp³-hybridized carbons (Fsp3) is 0.0417. The molecular weight excluding hydrogens is 344 g/mol. The van der Waals surface area contributed by atoms with Crippen molar-refractivity contribution in [3.63, 3.8) is 0 Å². The van der Waals surface area contributed by atoms with Crippen LogP contribution in [0.25, 0.3) is 32.9 Å². The second kappa shape index (κ2) is 5.86. The van der Waals surface area contributed by atoms with Gasteiger partial charge in [-0.15, -0.1) is 0 Å². The Balaban J connectivity index is 1.46. The minimum Gasteiger partial charge on any atom is -0.340 e. The summed E-state index contributed by atoms with van der Waals surface area (Å²) < 4.78 is 0. The Bertz CT molecular complexity index is 1370. The highest BCUT2D eigenvalue weighted by molar-refractivity contribution is 6.08. The van der Waals surface area contributed by atoms with Gasteiger partial charge in [-0.2, -0.15) is 0 Å². The van der Waals surface area contributed by atoms with Crippen molar-refractivity contribution in [2.45, 2.75) is 6.42 Å². The van der Waals surface area contributed by atoms with Gasteiger partial charge in [-0.3, -0.25) is 9.97 Å². The number of hydrogen-bond acceptors (Lipinski definition) is 4. The summed E-state index contributed by atoms with van der Waals surface area (Å²) in [6.45, 7) is 0. The molecule has 1 N–H and O–H groups in total. The van der Waals surface area contributed by atoms with Crippen LogP contribution in [0.4, 0.5) is 11.5 Å². The van der Waals surface area contributed by atoms with Crippen LogP contribution < -0.4 is 5.32 Å². The summed E-state index contributed by atoms with van der Waals surface area (Å²) in [4.78, 5) is 13.6. The fourth-order valence-electron chi connectivity index (χ4n) is 4.12. The molecule has 4 nitrogen and oxygen atoms in total. The molecule has 1 aliphatic carbocycles. The van der Waals surface area contributed by atoms with Gasteiger partial charge in [0.15, 0.2) is 0 Å². The predicted molar refractivity (Wildman–Crippen MR) is 113 cm³/mol. The molecule has 0 spiro atoms. The van der Waals surface area contributed by atoms with E-state index in [0.29, 0.717) is 0 Å². The fourth-order valence-corrected chi connectivity index (χ4v) is 4.12. The molecule has 132 valence electrons. The molecule has 0 radical (unpaired) electrons. The minimum absolute atomic E-state index is 0.827. The average Bonchev–Trinajstić information content (AvgIpc) is 3.12. The molecule has 28 heavy (non-hydrogen) atoms. The van der Waals surface area contributed by atoms with Crippen LogP contribution in [0.2, 0.25) is 0 Å². The smallest absolute Gasteiger partial charge is 0.139 e. The molecule has 0 saturated heterocycles. The second-order valence-corrected chi connectivity index (χ2v) is 7.08. The van der Waals surface area contributed by atoms with Crippen molar-refractivity contribution in [1.29, 1.82) is 0 Å². The lowest BCUT2D eigenvalue weighted by atomic mass is 10.1. The zero-order valence-corrected chi connectivity index (χ0v) is 15.1. The number of hydrogen-bond donors (Lipinski definition) is 1. The van der Waals surface area contributed by atoms with Crippen molar-refractivity contribution in [3.05, 3.63) is 90.4 Å². The Hall–Kier alpha value is -3.79. The van der Waals surface area contributed by atoms with E-state index in [1.807, 2.05) is 24.4 Å². The average molecular weight is 360 g/mol. The summed E-state index contributed by atoms with van der Waals surface area (Å²) in [5.74, 6) is 0.827. The van der Waals surface area contributed by atoms with Gasteiger partial charge in [0.1, 0.15) is 5.82 Å². The van der Waals surface area contributed by atoms with E-state index in [2.05, 4.69) is 57.7 Å². The highest BCUT2D eigenvalue weighted by Gasteiger charge is 2.18. The Morgan fingerprint density at radius 1 is 0.786 bits per heavy atom. The number of nitrogens with one attached hydrogen (secondary N) is 1. The first-order valence-electron chi connectivity index (χ1n) is 9.33. The highest BCUT2D eigenvalue weighted by Crippen LogP contribution is 2.38. The Morgan fingerprint density at radius 3 is 2.71 bits per heavy atom. The maximum atomic E-state index is 4.83. The van der Waals surface area contributed by atoms with E-state index in [4.69, 9.17) is 4.98 Å². The number of nitrogens with zero attached hydrogens (tertiary/aromatic N) is 3. The van der Waals surface area contributed by atoms with Gasteiger partial charge < -0.3 is 5.32 Å². The van der Waals surface area contributed by atoms with Crippen LogP contribution in [-0.2, 0) is 6.42 Å². The van der Waals surface area contributed by atoms with Crippen LogP contribution in [0.3, 0.4) is 0 Å². The van der Waals surface area contributed by atoms with Crippen LogP contribution in [0.1, 0.15) is 11.1 Å². The zero-order chi connectivity index (χ0) is 18.5. The first-order valence-corrected chi connectivity index (χ1v) is 9.33. The first kappa shape index (κ1) is 15.3. The maximum absolute atomic E-state index is 4.83. The lowest BCUT2D eigenvalue weighted by molar-refractivity contribution is 1.26. The lowest BCUT2D eigenvalue weighted by Crippen LogP contribution is -1.98. The summed E-state index contributed by atoms with van der Waals surface area (Å²) >= 11 is 0. The molecule has 0 bridgehead atoms. The van der Waals surface area contributed by atoms with E-state index >= 15 is 0 Å². The normalized spacial score (nSPS) is 12.1. The predicted octanol–water partition coefficient (Wildman–Crippen LogP) is 5.49. The van der Waals surface area contributed by atoms with E-state index in [9.17, 15) is 0 Å². The van der Waals surface area contributed by atoms with E-state index < -0.39 is 0 Å². The van der Waals surface area contributed by atoms with Crippen LogP contribution >= 0.6 is 0 Å². The number of pyridine rings is 3. The molecule has 0 fully saturated rings. The Kier molecular flexibility index (Phi) is 3.20. The van der Waals surface area contributed by atoms with Crippen LogP contribution in [-0.4, -0.2) is 15.0 Å². The molecule has 0 unspecified atom stereocenters. The van der Waals surface area contributed by atoms with Crippen molar-refractivity contribution in [3.8, 4) is 11.1 Å². The summed E-state index contributed by atoms with van der Waals surface area (Å²) in [7, 11) is 0. The highest BCUT2D eigenvalue weighted by atomic mass is 15.0. The van der Waals surface area contributed by atoms with E-state index in [-0.39, 0.29) is 0 Å². The SMILES string of the molecule is c1ccc2c(c1)Cc1cc(Nc3nc4cccnc4c4cnccc34)ccc1-2. The molecule has 6 rings (SSSR count). The van der Waals surface area contributed by atoms with E-state index in [0.717, 1.165) is 39.7 Å². The Morgan fingerprint density at radius 2 is 1.71 bits per heavy atom. The van der Waals surface area contributed by atoms with Gasteiger partial charge in [0.25, 0.3) is 0 Å². The third kappa shape index (κ3) is 2.28. The third-order valence-electron chi connectivity index (χ3n) is 5.41. The number of anilines is 2. The van der Waals surface area contributed by atoms with E-state index in [1.165, 1.54) is 22.3 Å². The molecule has 3 heterocycles. The molecule has 4 heteroatoms. The number of aromatic nitrogens is 3. The van der Waals surface area contributed by atoms with Gasteiger partial charge in [0.2, 0.25) is 0 Å². The molecule has 3 aromatic heterocycles. The van der Waals surface area contributed by atoms with Crippen LogP contribution in [0.15, 0.2) is 79.3 Å². The van der Waals surface area contributed by atoms with Crippen molar-refractivity contribution in [2.75, 3.05) is 5.32 Å². The number of fused-ring (bicyclic) bond motifs is 6. The summed E-state index contributed by atoms with van der Waals surface area (Å²) in [5.41, 5.74) is 8.18. The maximum Gasteiger partial charge on any atom is 0.139 e. The molecule has 0 saturated carbocycles. The second-order valence-electron chi connectivity index (χ2n) is 7.08. The molecular formula is C24H16N4. The summed E-state index contributed by atoms with van der Waals surface area (Å²) in [5, 5.41) is 5.55. The van der Waals surface area contributed by atoms with Crippen molar-refractivity contribution < 1.29 is 0 Å². The Labute approximate surface area is 161 Å². The zero-order valence-electron chi connectivity index (χ0n) is 15.1. The standard InChI is InChI=1S/C24H16N4/c1-2-5-18-15(4-1)12-16-13-17(7-8-19(16)18)27-24-20-9-11-25-14-21(20)23-22(28-24)6-3-10-26-23/h1-11,13-14H,12H2,(H,27,28). The molecule has 1 aliphatic rings. The number of benzene rings is 2. The summed E-state index contributed by atoms with van der Waals surface area (Å²) in [6, 6.07) is 21.1. The molecule has 0 aliphatic heterocycles. The molecule has 5 aromatic rings. The summed E-state index contributed by atoms with van der Waals surface area (Å²) in [6.07, 6.45) is 6.42. The largest absolute Gasteiger partial charge is 0.340 e. The van der Waals surface area contributed by atoms with Gasteiger partial charge in [0.05, 0.1) is 11.0 Å². The lowest BCUT2D eigenvalue weighted by Gasteiger charge is -2.12. The van der Waals surface area contributed by atoms with Crippen molar-refractivity contribution in [1.82, 2.24) is 15.0 Å². The monoisotopic (exact) mass is 360 g/mol. The van der Waals surface area contributed by atoms with Gasteiger partial charge in [-0.05, 0) is 59.0 Å². The van der Waals surface area contributed by atoms with Crippen LogP contribution in [0, 0.1) is 0 Å². The van der Waals surface area contributed by atoms with Crippen LogP contribution in [0.5, 0.6) is 0 Å². The topological polar surface area (TPSA) is 50.7 Å². The molecule has 0 atom stereocenters. The van der Waals surface area contributed by atoms with Gasteiger partial charge in [-0.1, -0.05) is 30.3 Å².